The first-order valence-corrected chi connectivity index (χ1v) is 4.85. The summed E-state index contributed by atoms with van der Waals surface area (Å²) in [6.07, 6.45) is 5.02. The van der Waals surface area contributed by atoms with Crippen molar-refractivity contribution in [2.24, 2.45) is 5.92 Å². The van der Waals surface area contributed by atoms with Gasteiger partial charge in [-0.1, -0.05) is 22.8 Å². The Morgan fingerprint density at radius 1 is 1.42 bits per heavy atom. The smallest absolute Gasteiger partial charge is 0.0170 e. The van der Waals surface area contributed by atoms with Gasteiger partial charge >= 0.3 is 0 Å². The van der Waals surface area contributed by atoms with Gasteiger partial charge < -0.3 is 5.32 Å². The first kappa shape index (κ1) is 8.06. The molecule has 2 rings (SSSR count). The lowest BCUT2D eigenvalue weighted by atomic mass is 9.81. The van der Waals surface area contributed by atoms with Crippen LogP contribution in [0, 0.1) is 5.92 Å². The zero-order valence-corrected chi connectivity index (χ0v) is 7.98. The van der Waals surface area contributed by atoms with Crippen molar-refractivity contribution in [2.75, 3.05) is 13.1 Å². The van der Waals surface area contributed by atoms with E-state index >= 15 is 0 Å². The van der Waals surface area contributed by atoms with Gasteiger partial charge in [0.15, 0.2) is 0 Å². The summed E-state index contributed by atoms with van der Waals surface area (Å²) in [5.41, 5.74) is 4.71. The molecule has 12 heavy (non-hydrogen) atoms. The molecule has 1 fully saturated rings. The number of piperidine rings is 1. The molecule has 1 saturated heterocycles. The minimum absolute atomic E-state index is 0.856. The summed E-state index contributed by atoms with van der Waals surface area (Å²) in [6, 6.07) is 0. The predicted molar refractivity (Wildman–Crippen MR) is 52.1 cm³/mol. The predicted octanol–water partition coefficient (Wildman–Crippen LogP) is 2.26. The van der Waals surface area contributed by atoms with Gasteiger partial charge in [0, 0.05) is 6.54 Å². The van der Waals surface area contributed by atoms with Crippen LogP contribution in [0.25, 0.3) is 0 Å². The summed E-state index contributed by atoms with van der Waals surface area (Å²) < 4.78 is 0. The van der Waals surface area contributed by atoms with Crippen LogP contribution in [0.1, 0.15) is 26.7 Å². The Labute approximate surface area is 74.5 Å². The molecule has 1 unspecified atom stereocenters. The number of hydrogen-bond acceptors (Lipinski definition) is 1. The quantitative estimate of drug-likeness (QED) is 0.577. The number of nitrogens with one attached hydrogen (secondary N) is 1. The molecule has 1 aliphatic carbocycles. The lowest BCUT2D eigenvalue weighted by Gasteiger charge is -2.30. The monoisotopic (exact) mass is 163 g/mol. The third-order valence-corrected chi connectivity index (χ3v) is 3.15. The third kappa shape index (κ3) is 1.34. The Hall–Kier alpha value is -0.560. The highest BCUT2D eigenvalue weighted by atomic mass is 14.9. The van der Waals surface area contributed by atoms with Crippen molar-refractivity contribution in [1.29, 1.82) is 0 Å². The van der Waals surface area contributed by atoms with Crippen molar-refractivity contribution in [3.8, 4) is 0 Å². The SMILES string of the molecule is CC1=C(C)CC2CCNCC2=C1. The van der Waals surface area contributed by atoms with E-state index in [9.17, 15) is 0 Å². The maximum atomic E-state index is 3.43. The highest BCUT2D eigenvalue weighted by Crippen LogP contribution is 2.32. The van der Waals surface area contributed by atoms with Gasteiger partial charge in [-0.15, -0.1) is 0 Å². The van der Waals surface area contributed by atoms with E-state index in [0.29, 0.717) is 0 Å². The van der Waals surface area contributed by atoms with Gasteiger partial charge in [0.2, 0.25) is 0 Å². The van der Waals surface area contributed by atoms with Gasteiger partial charge in [-0.25, -0.2) is 0 Å². The fourth-order valence-corrected chi connectivity index (χ4v) is 2.17. The minimum atomic E-state index is 0.856. The van der Waals surface area contributed by atoms with E-state index in [-0.39, 0.29) is 0 Å². The van der Waals surface area contributed by atoms with E-state index in [0.717, 1.165) is 12.5 Å². The molecule has 1 nitrogen and oxygen atoms in total. The van der Waals surface area contributed by atoms with Gasteiger partial charge in [0.25, 0.3) is 0 Å². The fraction of sp³-hybridized carbons (Fsp3) is 0.636. The number of allylic oxidation sites excluding steroid dienone is 3. The van der Waals surface area contributed by atoms with Gasteiger partial charge in [-0.3, -0.25) is 0 Å². The molecule has 1 aliphatic heterocycles. The Morgan fingerprint density at radius 3 is 3.08 bits per heavy atom. The van der Waals surface area contributed by atoms with E-state index in [1.54, 1.807) is 11.1 Å². The maximum absolute atomic E-state index is 3.43. The van der Waals surface area contributed by atoms with Gasteiger partial charge in [0.05, 0.1) is 0 Å². The summed E-state index contributed by atoms with van der Waals surface area (Å²) in [7, 11) is 0. The van der Waals surface area contributed by atoms with Crippen molar-refractivity contribution in [1.82, 2.24) is 5.32 Å². The Morgan fingerprint density at radius 2 is 2.25 bits per heavy atom. The van der Waals surface area contributed by atoms with E-state index in [1.807, 2.05) is 0 Å². The van der Waals surface area contributed by atoms with Gasteiger partial charge in [-0.05, 0) is 39.2 Å². The average Bonchev–Trinajstić information content (AvgIpc) is 2.07. The standard InChI is InChI=1S/C11H17N/c1-8-5-10-3-4-12-7-11(10)6-9(8)2/h6,10,12H,3-5,7H2,1-2H3. The van der Waals surface area contributed by atoms with E-state index < -0.39 is 0 Å². The lowest BCUT2D eigenvalue weighted by Crippen LogP contribution is -2.31. The largest absolute Gasteiger partial charge is 0.313 e. The molecule has 0 amide bonds. The summed E-state index contributed by atoms with van der Waals surface area (Å²) in [5, 5.41) is 3.43. The first-order chi connectivity index (χ1) is 5.77. The molecular weight excluding hydrogens is 146 g/mol. The van der Waals surface area contributed by atoms with Crippen molar-refractivity contribution in [3.05, 3.63) is 22.8 Å². The molecule has 1 atom stereocenters. The zero-order chi connectivity index (χ0) is 8.55. The van der Waals surface area contributed by atoms with Crippen LogP contribution in [0.3, 0.4) is 0 Å². The molecular formula is C11H17N. The average molecular weight is 163 g/mol. The highest BCUT2D eigenvalue weighted by Gasteiger charge is 2.22. The second-order valence-corrected chi connectivity index (χ2v) is 4.05. The first-order valence-electron chi connectivity index (χ1n) is 4.85. The number of hydrogen-bond donors (Lipinski definition) is 1. The maximum Gasteiger partial charge on any atom is 0.0170 e. The Kier molecular flexibility index (Phi) is 2.05. The summed E-state index contributed by atoms with van der Waals surface area (Å²) in [4.78, 5) is 0. The summed E-state index contributed by atoms with van der Waals surface area (Å²) in [5.74, 6) is 0.856. The summed E-state index contributed by atoms with van der Waals surface area (Å²) in [6.45, 7) is 6.82. The second kappa shape index (κ2) is 3.06. The molecule has 0 aromatic carbocycles. The Bertz CT molecular complexity index is 248. The van der Waals surface area contributed by atoms with Crippen molar-refractivity contribution < 1.29 is 0 Å². The topological polar surface area (TPSA) is 12.0 Å². The zero-order valence-electron chi connectivity index (χ0n) is 7.98. The van der Waals surface area contributed by atoms with Crippen molar-refractivity contribution in [3.63, 3.8) is 0 Å². The lowest BCUT2D eigenvalue weighted by molar-refractivity contribution is 0.456. The molecule has 0 saturated carbocycles. The van der Waals surface area contributed by atoms with Gasteiger partial charge in [0.1, 0.15) is 0 Å². The van der Waals surface area contributed by atoms with Gasteiger partial charge in [-0.2, -0.15) is 0 Å². The van der Waals surface area contributed by atoms with Crippen LogP contribution in [0.2, 0.25) is 0 Å². The van der Waals surface area contributed by atoms with Crippen LogP contribution in [0.4, 0.5) is 0 Å². The highest BCUT2D eigenvalue weighted by molar-refractivity contribution is 5.34. The Balaban J connectivity index is 2.23. The molecule has 0 radical (unpaired) electrons. The van der Waals surface area contributed by atoms with E-state index in [2.05, 4.69) is 25.2 Å². The van der Waals surface area contributed by atoms with Crippen molar-refractivity contribution in [2.45, 2.75) is 26.7 Å². The molecule has 1 heterocycles. The molecule has 2 aliphatic rings. The normalized spacial score (nSPS) is 29.8. The molecule has 0 aromatic rings. The molecule has 0 bridgehead atoms. The molecule has 1 heteroatoms. The van der Waals surface area contributed by atoms with Crippen LogP contribution in [-0.2, 0) is 0 Å². The van der Waals surface area contributed by atoms with Crippen LogP contribution in [0.15, 0.2) is 22.8 Å². The number of rotatable bonds is 0. The van der Waals surface area contributed by atoms with Crippen LogP contribution in [0.5, 0.6) is 0 Å². The molecule has 0 spiro atoms. The molecule has 66 valence electrons. The van der Waals surface area contributed by atoms with Crippen LogP contribution < -0.4 is 5.32 Å². The fourth-order valence-electron chi connectivity index (χ4n) is 2.17. The third-order valence-electron chi connectivity index (χ3n) is 3.15. The molecule has 0 aromatic heterocycles. The number of fused-ring (bicyclic) bond motifs is 1. The van der Waals surface area contributed by atoms with Crippen LogP contribution in [-0.4, -0.2) is 13.1 Å². The minimum Gasteiger partial charge on any atom is -0.313 e. The summed E-state index contributed by atoms with van der Waals surface area (Å²) >= 11 is 0. The second-order valence-electron chi connectivity index (χ2n) is 4.05. The van der Waals surface area contributed by atoms with E-state index in [4.69, 9.17) is 0 Å². The van der Waals surface area contributed by atoms with E-state index in [1.165, 1.54) is 25.0 Å². The van der Waals surface area contributed by atoms with Crippen LogP contribution >= 0.6 is 0 Å². The molecule has 1 N–H and O–H groups in total. The van der Waals surface area contributed by atoms with Crippen molar-refractivity contribution >= 4 is 0 Å².